The summed E-state index contributed by atoms with van der Waals surface area (Å²) in [5.74, 6) is -3.61. The second kappa shape index (κ2) is 5.41. The van der Waals surface area contributed by atoms with Crippen LogP contribution in [0.3, 0.4) is 0 Å². The normalized spacial score (nSPS) is 34.0. The number of fused-ring (bicyclic) bond motifs is 1. The molecule has 0 unspecified atom stereocenters. The molecule has 2 saturated heterocycles. The number of hydrogen-bond donors (Lipinski definition) is 1. The van der Waals surface area contributed by atoms with E-state index in [2.05, 4.69) is 0 Å². The van der Waals surface area contributed by atoms with Crippen LogP contribution in [0, 0.1) is 5.92 Å². The molecule has 0 spiro atoms. The predicted octanol–water partition coefficient (Wildman–Crippen LogP) is -0.412. The molecular weight excluding hydrogens is 343 g/mol. The SMILES string of the molecule is [2H]c1cn([C@@H]2O[C@](F)(COC(=O)C3CC3)[C@H]3OC(=O)O[C@@H]23)c(=O)[nH]c1=O. The van der Waals surface area contributed by atoms with Gasteiger partial charge in [0.25, 0.3) is 11.4 Å². The van der Waals surface area contributed by atoms with Crippen molar-refractivity contribution in [1.82, 2.24) is 9.55 Å². The Labute approximate surface area is 139 Å². The van der Waals surface area contributed by atoms with Crippen LogP contribution in [0.15, 0.2) is 21.8 Å². The first-order valence-corrected chi connectivity index (χ1v) is 7.51. The van der Waals surface area contributed by atoms with Gasteiger partial charge in [0.05, 0.1) is 7.29 Å². The van der Waals surface area contributed by atoms with Gasteiger partial charge in [0.2, 0.25) is 6.10 Å². The number of aromatic nitrogens is 2. The fourth-order valence-electron chi connectivity index (χ4n) is 2.76. The molecule has 4 rings (SSSR count). The highest BCUT2D eigenvalue weighted by atomic mass is 19.2. The minimum Gasteiger partial charge on any atom is -0.459 e. The molecule has 1 N–H and O–H groups in total. The number of hydrogen-bond acceptors (Lipinski definition) is 8. The Kier molecular flexibility index (Phi) is 3.17. The van der Waals surface area contributed by atoms with Crippen LogP contribution in [0.1, 0.15) is 20.4 Å². The minimum absolute atomic E-state index is 0.276. The number of nitrogens with one attached hydrogen (secondary N) is 1. The van der Waals surface area contributed by atoms with Crippen molar-refractivity contribution in [2.45, 2.75) is 37.1 Å². The first kappa shape index (κ1) is 14.6. The summed E-state index contributed by atoms with van der Waals surface area (Å²) in [7, 11) is 0. The summed E-state index contributed by atoms with van der Waals surface area (Å²) in [6.45, 7) is -0.859. The lowest BCUT2D eigenvalue weighted by atomic mass is 10.1. The summed E-state index contributed by atoms with van der Waals surface area (Å²) >= 11 is 0. The summed E-state index contributed by atoms with van der Waals surface area (Å²) in [5.41, 5.74) is -1.93. The number of carbonyl (C=O) groups is 2. The molecule has 0 radical (unpaired) electrons. The third kappa shape index (κ3) is 2.69. The first-order chi connectivity index (χ1) is 12.3. The van der Waals surface area contributed by atoms with Crippen molar-refractivity contribution in [2.75, 3.05) is 6.61 Å². The van der Waals surface area contributed by atoms with Crippen molar-refractivity contribution >= 4 is 12.1 Å². The number of aromatic amines is 1. The lowest BCUT2D eigenvalue weighted by Crippen LogP contribution is -2.43. The summed E-state index contributed by atoms with van der Waals surface area (Å²) < 4.78 is 43.1. The number of nitrogens with zero attached hydrogens (tertiary/aromatic N) is 1. The Bertz CT molecular complexity index is 896. The zero-order valence-corrected chi connectivity index (χ0v) is 12.6. The van der Waals surface area contributed by atoms with Crippen LogP contribution in [0.25, 0.3) is 0 Å². The Hall–Kier alpha value is -2.69. The van der Waals surface area contributed by atoms with Crippen LogP contribution in [0.2, 0.25) is 0 Å². The molecule has 0 bridgehead atoms. The van der Waals surface area contributed by atoms with E-state index in [1.54, 1.807) is 0 Å². The third-order valence-corrected chi connectivity index (χ3v) is 4.16. The number of alkyl halides is 1. The molecule has 3 heterocycles. The molecule has 10 nitrogen and oxygen atoms in total. The maximum atomic E-state index is 15.2. The number of ether oxygens (including phenoxy) is 4. The second-order valence-electron chi connectivity index (χ2n) is 5.99. The van der Waals surface area contributed by atoms with E-state index in [4.69, 9.17) is 20.3 Å². The van der Waals surface area contributed by atoms with Gasteiger partial charge in [-0.15, -0.1) is 0 Å². The van der Waals surface area contributed by atoms with Crippen LogP contribution >= 0.6 is 0 Å². The molecule has 4 atom stereocenters. The number of H-pyrrole nitrogens is 1. The minimum atomic E-state index is -2.75. The average molecular weight is 357 g/mol. The Morgan fingerprint density at radius 1 is 1.44 bits per heavy atom. The maximum absolute atomic E-state index is 15.2. The average Bonchev–Trinajstić information content (AvgIpc) is 3.31. The van der Waals surface area contributed by atoms with E-state index in [0.717, 1.165) is 6.20 Å². The molecule has 3 fully saturated rings. The van der Waals surface area contributed by atoms with Crippen molar-refractivity contribution in [3.05, 3.63) is 33.1 Å². The molecule has 0 amide bonds. The molecule has 0 aromatic carbocycles. The molecule has 1 aromatic heterocycles. The van der Waals surface area contributed by atoms with Gasteiger partial charge < -0.3 is 18.9 Å². The molecule has 2 aliphatic heterocycles. The van der Waals surface area contributed by atoms with Gasteiger partial charge in [-0.05, 0) is 12.8 Å². The largest absolute Gasteiger partial charge is 0.509 e. The van der Waals surface area contributed by atoms with Crippen LogP contribution in [0.4, 0.5) is 9.18 Å². The van der Waals surface area contributed by atoms with E-state index in [9.17, 15) is 19.2 Å². The molecule has 11 heteroatoms. The van der Waals surface area contributed by atoms with Crippen molar-refractivity contribution in [2.24, 2.45) is 5.92 Å². The smallest absolute Gasteiger partial charge is 0.459 e. The molecule has 134 valence electrons. The van der Waals surface area contributed by atoms with Gasteiger partial charge in [0, 0.05) is 12.2 Å². The third-order valence-electron chi connectivity index (χ3n) is 4.16. The van der Waals surface area contributed by atoms with Crippen LogP contribution in [0.5, 0.6) is 0 Å². The van der Waals surface area contributed by atoms with Crippen molar-refractivity contribution in [1.29, 1.82) is 0 Å². The Balaban J connectivity index is 1.63. The van der Waals surface area contributed by atoms with Crippen molar-refractivity contribution in [3.8, 4) is 0 Å². The highest BCUT2D eigenvalue weighted by Gasteiger charge is 2.65. The van der Waals surface area contributed by atoms with Crippen molar-refractivity contribution in [3.63, 3.8) is 0 Å². The van der Waals surface area contributed by atoms with Crippen molar-refractivity contribution < 1.29 is 34.3 Å². The highest BCUT2D eigenvalue weighted by Crippen LogP contribution is 2.45. The van der Waals surface area contributed by atoms with Crippen LogP contribution in [-0.2, 0) is 23.7 Å². The summed E-state index contributed by atoms with van der Waals surface area (Å²) in [6.07, 6.45) is -3.49. The van der Waals surface area contributed by atoms with Gasteiger partial charge in [-0.3, -0.25) is 19.1 Å². The van der Waals surface area contributed by atoms with E-state index in [1.807, 2.05) is 4.98 Å². The van der Waals surface area contributed by atoms with Gasteiger partial charge in [0.1, 0.15) is 0 Å². The molecular formula is C14H13FN2O8. The lowest BCUT2D eigenvalue weighted by Gasteiger charge is -2.23. The number of rotatable bonds is 4. The number of esters is 1. The van der Waals surface area contributed by atoms with Gasteiger partial charge >= 0.3 is 17.8 Å². The zero-order chi connectivity index (χ0) is 18.6. The zero-order valence-electron chi connectivity index (χ0n) is 13.6. The van der Waals surface area contributed by atoms with Gasteiger partial charge in [-0.1, -0.05) is 0 Å². The molecule has 1 aromatic rings. The maximum Gasteiger partial charge on any atom is 0.509 e. The summed E-state index contributed by atoms with van der Waals surface area (Å²) in [6, 6.07) is -0.577. The topological polar surface area (TPSA) is 126 Å². The molecule has 3 aliphatic rings. The van der Waals surface area contributed by atoms with Crippen LogP contribution in [-0.4, -0.2) is 46.3 Å². The van der Waals surface area contributed by atoms with E-state index in [1.165, 1.54) is 0 Å². The Morgan fingerprint density at radius 3 is 2.92 bits per heavy atom. The molecule has 1 saturated carbocycles. The number of carbonyl (C=O) groups excluding carboxylic acids is 2. The summed E-state index contributed by atoms with van der Waals surface area (Å²) in [4.78, 5) is 48.2. The standard InChI is InChI=1S/C14H13FN2O8/c15-14(5-22-11(19)6-1-2-6)9-8(23-13(21)24-9)10(25-14)17-4-3-7(18)16-12(17)20/h3-4,6,8-10H,1-2,5H2,(H,16,18,20)/t8-,9+,10-,14-/m1/s1/i3D. The van der Waals surface area contributed by atoms with Gasteiger partial charge in [0.15, 0.2) is 18.9 Å². The van der Waals surface area contributed by atoms with Crippen LogP contribution < -0.4 is 11.2 Å². The molecule has 1 aliphatic carbocycles. The first-order valence-electron chi connectivity index (χ1n) is 8.01. The fourth-order valence-corrected chi connectivity index (χ4v) is 2.76. The fraction of sp³-hybridized carbons (Fsp3) is 0.571. The second-order valence-corrected chi connectivity index (χ2v) is 5.99. The number of halogens is 1. The van der Waals surface area contributed by atoms with E-state index < -0.39 is 60.3 Å². The van der Waals surface area contributed by atoms with E-state index >= 15 is 4.39 Å². The van der Waals surface area contributed by atoms with E-state index in [-0.39, 0.29) is 5.92 Å². The van der Waals surface area contributed by atoms with E-state index in [0.29, 0.717) is 17.4 Å². The quantitative estimate of drug-likeness (QED) is 0.721. The monoisotopic (exact) mass is 357 g/mol. The van der Waals surface area contributed by atoms with Gasteiger partial charge in [-0.25, -0.2) is 14.0 Å². The molecule has 25 heavy (non-hydrogen) atoms. The lowest BCUT2D eigenvalue weighted by molar-refractivity contribution is -0.220. The van der Waals surface area contributed by atoms with Gasteiger partial charge in [-0.2, -0.15) is 0 Å². The predicted molar refractivity (Wildman–Crippen MR) is 74.1 cm³/mol. The Morgan fingerprint density at radius 2 is 2.20 bits per heavy atom. The highest BCUT2D eigenvalue weighted by molar-refractivity contribution is 5.75. The summed E-state index contributed by atoms with van der Waals surface area (Å²) in [5, 5.41) is 0.